The maximum atomic E-state index is 10.9. The Balaban J connectivity index is 2.72. The number of carboxylic acid groups (broad SMARTS) is 1. The number of hydrogen-bond donors (Lipinski definition) is 2. The van der Waals surface area contributed by atoms with Gasteiger partial charge in [0.2, 0.25) is 0 Å². The van der Waals surface area contributed by atoms with Gasteiger partial charge in [-0.1, -0.05) is 13.0 Å². The first kappa shape index (κ1) is 10.5. The highest BCUT2D eigenvalue weighted by Crippen LogP contribution is 2.25. The van der Waals surface area contributed by atoms with Crippen molar-refractivity contribution in [3.8, 4) is 0 Å². The van der Waals surface area contributed by atoms with Crippen LogP contribution in [0.2, 0.25) is 0 Å². The van der Waals surface area contributed by atoms with Crippen LogP contribution in [-0.2, 0) is 6.42 Å². The fourth-order valence-electron chi connectivity index (χ4n) is 1.57. The third-order valence-corrected chi connectivity index (χ3v) is 3.54. The van der Waals surface area contributed by atoms with Gasteiger partial charge in [-0.05, 0) is 46.7 Å². The highest BCUT2D eigenvalue weighted by molar-refractivity contribution is 14.1. The van der Waals surface area contributed by atoms with Gasteiger partial charge in [0.05, 0.1) is 3.57 Å². The van der Waals surface area contributed by atoms with Crippen molar-refractivity contribution in [1.82, 2.24) is 4.98 Å². The van der Waals surface area contributed by atoms with Crippen LogP contribution >= 0.6 is 22.6 Å². The molecule has 0 saturated carbocycles. The van der Waals surface area contributed by atoms with Crippen LogP contribution in [0, 0.1) is 3.57 Å². The van der Waals surface area contributed by atoms with E-state index < -0.39 is 5.97 Å². The lowest BCUT2D eigenvalue weighted by molar-refractivity contribution is 0.0690. The van der Waals surface area contributed by atoms with Gasteiger partial charge in [0.25, 0.3) is 0 Å². The third-order valence-electron chi connectivity index (χ3n) is 2.42. The Morgan fingerprint density at radius 3 is 2.87 bits per heavy atom. The van der Waals surface area contributed by atoms with E-state index in [1.807, 2.05) is 18.2 Å². The number of aromatic nitrogens is 1. The number of fused-ring (bicyclic) bond motifs is 1. The molecule has 2 aromatic rings. The number of hydrogen-bond acceptors (Lipinski definition) is 1. The molecule has 0 aliphatic rings. The van der Waals surface area contributed by atoms with Crippen LogP contribution in [0.4, 0.5) is 0 Å². The summed E-state index contributed by atoms with van der Waals surface area (Å²) in [5.74, 6) is -0.909. The summed E-state index contributed by atoms with van der Waals surface area (Å²) in [5, 5.41) is 9.95. The predicted octanol–water partition coefficient (Wildman–Crippen LogP) is 3.03. The van der Waals surface area contributed by atoms with E-state index in [1.54, 1.807) is 0 Å². The third kappa shape index (κ3) is 1.73. The first-order valence-electron chi connectivity index (χ1n) is 4.67. The summed E-state index contributed by atoms with van der Waals surface area (Å²) < 4.78 is 0.783. The number of aryl methyl sites for hydroxylation is 1. The largest absolute Gasteiger partial charge is 0.477 e. The van der Waals surface area contributed by atoms with Crippen molar-refractivity contribution >= 4 is 39.5 Å². The van der Waals surface area contributed by atoms with Gasteiger partial charge in [-0.25, -0.2) is 4.79 Å². The van der Waals surface area contributed by atoms with Crippen LogP contribution in [-0.4, -0.2) is 16.1 Å². The van der Waals surface area contributed by atoms with E-state index in [1.165, 1.54) is 5.56 Å². The van der Waals surface area contributed by atoms with Gasteiger partial charge in [-0.15, -0.1) is 0 Å². The second-order valence-electron chi connectivity index (χ2n) is 3.35. The lowest BCUT2D eigenvalue weighted by Crippen LogP contribution is -1.97. The maximum Gasteiger partial charge on any atom is 0.353 e. The van der Waals surface area contributed by atoms with Crippen molar-refractivity contribution in [2.45, 2.75) is 13.3 Å². The first-order valence-corrected chi connectivity index (χ1v) is 5.74. The van der Waals surface area contributed by atoms with Crippen LogP contribution in [0.15, 0.2) is 18.2 Å². The molecule has 1 aromatic heterocycles. The zero-order valence-corrected chi connectivity index (χ0v) is 10.3. The summed E-state index contributed by atoms with van der Waals surface area (Å²) in [4.78, 5) is 13.8. The molecule has 3 nitrogen and oxygen atoms in total. The van der Waals surface area contributed by atoms with Crippen LogP contribution in [0.5, 0.6) is 0 Å². The second kappa shape index (κ2) is 3.84. The molecule has 0 aliphatic heterocycles. The van der Waals surface area contributed by atoms with Crippen LogP contribution < -0.4 is 0 Å². The highest BCUT2D eigenvalue weighted by atomic mass is 127. The Hall–Kier alpha value is -1.04. The number of H-pyrrole nitrogens is 1. The number of carboxylic acids is 1. The molecule has 78 valence electrons. The molecule has 0 spiro atoms. The summed E-state index contributed by atoms with van der Waals surface area (Å²) in [6.45, 7) is 2.08. The van der Waals surface area contributed by atoms with E-state index in [2.05, 4.69) is 34.5 Å². The Labute approximate surface area is 101 Å². The van der Waals surface area contributed by atoms with Gasteiger partial charge >= 0.3 is 5.97 Å². The van der Waals surface area contributed by atoms with E-state index in [0.717, 1.165) is 20.9 Å². The number of carbonyl (C=O) groups is 1. The van der Waals surface area contributed by atoms with E-state index >= 15 is 0 Å². The molecular formula is C11H10INO2. The number of benzene rings is 1. The van der Waals surface area contributed by atoms with Crippen LogP contribution in [0.25, 0.3) is 10.9 Å². The van der Waals surface area contributed by atoms with E-state index in [9.17, 15) is 4.79 Å². The average Bonchev–Trinajstić information content (AvgIpc) is 2.56. The number of nitrogens with one attached hydrogen (secondary N) is 1. The standard InChI is InChI=1S/C11H10INO2/c1-2-6-3-4-8-7(5-6)9(12)10(13-8)11(14)15/h3-5,13H,2H2,1H3,(H,14,15). The zero-order chi connectivity index (χ0) is 11.0. The minimum absolute atomic E-state index is 0.277. The van der Waals surface area contributed by atoms with Crippen LogP contribution in [0.1, 0.15) is 23.0 Å². The molecule has 0 aliphatic carbocycles. The minimum atomic E-state index is -0.909. The maximum absolute atomic E-state index is 10.9. The van der Waals surface area contributed by atoms with Crippen molar-refractivity contribution in [3.63, 3.8) is 0 Å². The summed E-state index contributed by atoms with van der Waals surface area (Å²) >= 11 is 2.07. The molecule has 0 unspecified atom stereocenters. The number of halogens is 1. The Kier molecular flexibility index (Phi) is 2.68. The molecule has 1 heterocycles. The van der Waals surface area contributed by atoms with Crippen molar-refractivity contribution < 1.29 is 9.90 Å². The highest BCUT2D eigenvalue weighted by Gasteiger charge is 2.14. The molecule has 2 N–H and O–H groups in total. The SMILES string of the molecule is CCc1ccc2[nH]c(C(=O)O)c(I)c2c1. The number of aromatic amines is 1. The van der Waals surface area contributed by atoms with Crippen molar-refractivity contribution in [2.75, 3.05) is 0 Å². The molecule has 2 rings (SSSR count). The molecule has 0 amide bonds. The summed E-state index contributed by atoms with van der Waals surface area (Å²) in [7, 11) is 0. The van der Waals surface area contributed by atoms with E-state index in [4.69, 9.17) is 5.11 Å². The normalized spacial score (nSPS) is 10.8. The second-order valence-corrected chi connectivity index (χ2v) is 4.43. The van der Waals surface area contributed by atoms with E-state index in [-0.39, 0.29) is 5.69 Å². The molecule has 0 bridgehead atoms. The topological polar surface area (TPSA) is 53.1 Å². The van der Waals surface area contributed by atoms with Crippen LogP contribution in [0.3, 0.4) is 0 Å². The smallest absolute Gasteiger partial charge is 0.353 e. The molecule has 0 radical (unpaired) electrons. The fraction of sp³-hybridized carbons (Fsp3) is 0.182. The number of rotatable bonds is 2. The first-order chi connectivity index (χ1) is 7.13. The molecule has 4 heteroatoms. The molecular weight excluding hydrogens is 305 g/mol. The molecule has 1 aromatic carbocycles. The van der Waals surface area contributed by atoms with Gasteiger partial charge in [-0.2, -0.15) is 0 Å². The molecule has 0 saturated heterocycles. The van der Waals surface area contributed by atoms with Gasteiger partial charge in [0.1, 0.15) is 5.69 Å². The molecule has 0 fully saturated rings. The quantitative estimate of drug-likeness (QED) is 0.837. The van der Waals surface area contributed by atoms with Gasteiger partial charge in [-0.3, -0.25) is 0 Å². The average molecular weight is 315 g/mol. The van der Waals surface area contributed by atoms with Gasteiger partial charge in [0, 0.05) is 10.9 Å². The summed E-state index contributed by atoms with van der Waals surface area (Å²) in [5.41, 5.74) is 2.38. The Morgan fingerprint density at radius 2 is 2.27 bits per heavy atom. The molecule has 0 atom stereocenters. The minimum Gasteiger partial charge on any atom is -0.477 e. The lowest BCUT2D eigenvalue weighted by Gasteiger charge is -1.96. The van der Waals surface area contributed by atoms with Crippen molar-refractivity contribution in [2.24, 2.45) is 0 Å². The fourth-order valence-corrected chi connectivity index (χ4v) is 2.39. The van der Waals surface area contributed by atoms with Crippen molar-refractivity contribution in [1.29, 1.82) is 0 Å². The molecule has 15 heavy (non-hydrogen) atoms. The Bertz CT molecular complexity index is 531. The van der Waals surface area contributed by atoms with Gasteiger partial charge < -0.3 is 10.1 Å². The monoisotopic (exact) mass is 315 g/mol. The Morgan fingerprint density at radius 1 is 1.53 bits per heavy atom. The summed E-state index contributed by atoms with van der Waals surface area (Å²) in [6.07, 6.45) is 0.958. The lowest BCUT2D eigenvalue weighted by atomic mass is 10.1. The van der Waals surface area contributed by atoms with E-state index in [0.29, 0.717) is 0 Å². The van der Waals surface area contributed by atoms with Gasteiger partial charge in [0.15, 0.2) is 0 Å². The van der Waals surface area contributed by atoms with Crippen molar-refractivity contribution in [3.05, 3.63) is 33.0 Å². The summed E-state index contributed by atoms with van der Waals surface area (Å²) in [6, 6.07) is 5.99. The number of aromatic carboxylic acids is 1. The zero-order valence-electron chi connectivity index (χ0n) is 8.17. The predicted molar refractivity (Wildman–Crippen MR) is 67.4 cm³/mol.